The van der Waals surface area contributed by atoms with Gasteiger partial charge in [-0.1, -0.05) is 0 Å². The molecule has 0 heterocycles. The summed E-state index contributed by atoms with van der Waals surface area (Å²) in [4.78, 5) is 11.1. The van der Waals surface area contributed by atoms with Crippen LogP contribution in [0.5, 0.6) is 0 Å². The molecule has 0 aliphatic carbocycles. The zero-order valence-electron chi connectivity index (χ0n) is 8.93. The zero-order valence-corrected chi connectivity index (χ0v) is 9.68. The van der Waals surface area contributed by atoms with Crippen LogP contribution in [0.25, 0.3) is 0 Å². The molecule has 1 amide bonds. The van der Waals surface area contributed by atoms with E-state index in [-0.39, 0.29) is 24.3 Å². The Morgan fingerprint density at radius 2 is 1.93 bits per heavy atom. The average molecular weight is 224 g/mol. The minimum absolute atomic E-state index is 0. The SMILES string of the molecule is C[C@H](NC(=O)OC(C)(C)C)C(N)=[NH2+].[Cl-]. The van der Waals surface area contributed by atoms with Gasteiger partial charge in [-0.25, -0.2) is 4.79 Å². The average Bonchev–Trinajstić information content (AvgIpc) is 1.81. The van der Waals surface area contributed by atoms with Gasteiger partial charge in [0.15, 0.2) is 0 Å². The molecule has 0 rings (SSSR count). The monoisotopic (exact) mass is 223 g/mol. The fourth-order valence-corrected chi connectivity index (χ4v) is 0.568. The molecule has 0 saturated carbocycles. The van der Waals surface area contributed by atoms with Crippen molar-refractivity contribution in [3.63, 3.8) is 0 Å². The Morgan fingerprint density at radius 1 is 1.50 bits per heavy atom. The van der Waals surface area contributed by atoms with Crippen LogP contribution in [0.4, 0.5) is 4.79 Å². The predicted octanol–water partition coefficient (Wildman–Crippen LogP) is -3.98. The molecule has 0 unspecified atom stereocenters. The van der Waals surface area contributed by atoms with Crippen LogP contribution < -0.4 is 28.9 Å². The molecule has 6 heteroatoms. The lowest BCUT2D eigenvalue weighted by Crippen LogP contribution is -3.00. The molecule has 0 bridgehead atoms. The van der Waals surface area contributed by atoms with Crippen LogP contribution in [0.2, 0.25) is 0 Å². The molecule has 0 aromatic carbocycles. The lowest BCUT2D eigenvalue weighted by molar-refractivity contribution is -0.119. The first-order chi connectivity index (χ1) is 5.72. The summed E-state index contributed by atoms with van der Waals surface area (Å²) >= 11 is 0. The van der Waals surface area contributed by atoms with Gasteiger partial charge in [0.1, 0.15) is 11.6 Å². The standard InChI is InChI=1S/C8H17N3O2.ClH/c1-5(6(9)10)11-7(12)13-8(2,3)4;/h5H,1-4H3,(H3,9,10)(H,11,12);1H/t5-;/m0./s1. The Hall–Kier alpha value is -0.970. The first kappa shape index (κ1) is 15.5. The molecule has 14 heavy (non-hydrogen) atoms. The second-order valence-electron chi connectivity index (χ2n) is 3.87. The number of carbonyl (C=O) groups excluding carboxylic acids is 1. The molecular formula is C8H18ClN3O2. The van der Waals surface area contributed by atoms with Gasteiger partial charge in [-0.2, -0.15) is 0 Å². The van der Waals surface area contributed by atoms with Crippen molar-refractivity contribution in [3.8, 4) is 0 Å². The van der Waals surface area contributed by atoms with Gasteiger partial charge in [0.25, 0.3) is 5.84 Å². The van der Waals surface area contributed by atoms with E-state index in [1.165, 1.54) is 0 Å². The van der Waals surface area contributed by atoms with Crippen molar-refractivity contribution < 1.29 is 27.3 Å². The highest BCUT2D eigenvalue weighted by molar-refractivity contribution is 5.83. The molecule has 0 saturated heterocycles. The Morgan fingerprint density at radius 3 is 2.21 bits per heavy atom. The summed E-state index contributed by atoms with van der Waals surface area (Å²) in [5.41, 5.74) is 4.77. The van der Waals surface area contributed by atoms with E-state index in [2.05, 4.69) is 5.32 Å². The van der Waals surface area contributed by atoms with Gasteiger partial charge >= 0.3 is 6.09 Å². The Labute approximate surface area is 90.3 Å². The Kier molecular flexibility index (Phi) is 6.31. The van der Waals surface area contributed by atoms with E-state index in [9.17, 15) is 4.79 Å². The van der Waals surface area contributed by atoms with E-state index in [4.69, 9.17) is 15.9 Å². The molecule has 0 aromatic rings. The highest BCUT2D eigenvalue weighted by atomic mass is 35.5. The first-order valence-electron chi connectivity index (χ1n) is 4.09. The van der Waals surface area contributed by atoms with E-state index in [0.29, 0.717) is 0 Å². The zero-order chi connectivity index (χ0) is 10.6. The number of carbonyl (C=O) groups is 1. The highest BCUT2D eigenvalue weighted by Crippen LogP contribution is 2.06. The molecular weight excluding hydrogens is 206 g/mol. The largest absolute Gasteiger partial charge is 1.00 e. The third-order valence-corrected chi connectivity index (χ3v) is 1.23. The van der Waals surface area contributed by atoms with Crippen LogP contribution >= 0.6 is 0 Å². The van der Waals surface area contributed by atoms with Crippen LogP contribution in [-0.2, 0) is 4.74 Å². The number of amidine groups is 1. The quantitative estimate of drug-likeness (QED) is 0.330. The predicted molar refractivity (Wildman–Crippen MR) is 50.0 cm³/mol. The van der Waals surface area contributed by atoms with Gasteiger partial charge in [-0.15, -0.1) is 0 Å². The minimum atomic E-state index is -0.520. The molecule has 5 nitrogen and oxygen atoms in total. The Balaban J connectivity index is 0. The third-order valence-electron chi connectivity index (χ3n) is 1.23. The number of rotatable bonds is 2. The second-order valence-corrected chi connectivity index (χ2v) is 3.87. The maximum Gasteiger partial charge on any atom is 0.408 e. The number of ether oxygens (including phenoxy) is 1. The summed E-state index contributed by atoms with van der Waals surface area (Å²) in [6.45, 7) is 7.03. The lowest BCUT2D eigenvalue weighted by atomic mass is 10.2. The van der Waals surface area contributed by atoms with Gasteiger partial charge in [0.05, 0.1) is 0 Å². The first-order valence-corrected chi connectivity index (χ1v) is 4.09. The summed E-state index contributed by atoms with van der Waals surface area (Å²) in [5.74, 6) is 0.158. The third kappa shape index (κ3) is 7.67. The lowest BCUT2D eigenvalue weighted by Gasteiger charge is -2.20. The van der Waals surface area contributed by atoms with Gasteiger partial charge in [-0.3, -0.25) is 11.1 Å². The molecule has 5 N–H and O–H groups in total. The fraction of sp³-hybridized carbons (Fsp3) is 0.750. The van der Waals surface area contributed by atoms with E-state index in [1.54, 1.807) is 27.7 Å². The van der Waals surface area contributed by atoms with Crippen LogP contribution in [-0.4, -0.2) is 23.6 Å². The van der Waals surface area contributed by atoms with Crippen LogP contribution in [0, 0.1) is 0 Å². The van der Waals surface area contributed by atoms with Crippen molar-refractivity contribution in [2.45, 2.75) is 39.3 Å². The molecule has 0 aliphatic heterocycles. The van der Waals surface area contributed by atoms with Gasteiger partial charge in [-0.05, 0) is 27.7 Å². The molecule has 0 spiro atoms. The van der Waals surface area contributed by atoms with Crippen LogP contribution in [0.15, 0.2) is 0 Å². The maximum absolute atomic E-state index is 11.1. The molecule has 0 aromatic heterocycles. The van der Waals surface area contributed by atoms with E-state index in [0.717, 1.165) is 0 Å². The van der Waals surface area contributed by atoms with Gasteiger partial charge < -0.3 is 22.5 Å². The van der Waals surface area contributed by atoms with Crippen LogP contribution in [0.3, 0.4) is 0 Å². The maximum atomic E-state index is 11.1. The second kappa shape index (κ2) is 5.70. The molecule has 1 atom stereocenters. The normalized spacial score (nSPS) is 12.3. The summed E-state index contributed by atoms with van der Waals surface area (Å²) < 4.78 is 4.98. The summed E-state index contributed by atoms with van der Waals surface area (Å²) in [7, 11) is 0. The van der Waals surface area contributed by atoms with Crippen molar-refractivity contribution >= 4 is 11.9 Å². The number of alkyl carbamates (subject to hydrolysis) is 1. The topological polar surface area (TPSA) is 89.9 Å². The van der Waals surface area contributed by atoms with Crippen molar-refractivity contribution in [2.75, 3.05) is 0 Å². The van der Waals surface area contributed by atoms with Crippen molar-refractivity contribution in [1.82, 2.24) is 5.32 Å². The number of nitrogens with one attached hydrogen (secondary N) is 1. The Bertz CT molecular complexity index is 213. The molecule has 0 aliphatic rings. The van der Waals surface area contributed by atoms with E-state index >= 15 is 0 Å². The molecule has 0 radical (unpaired) electrons. The number of amides is 1. The summed E-state index contributed by atoms with van der Waals surface area (Å²) in [6, 6.07) is -0.380. The van der Waals surface area contributed by atoms with Gasteiger partial charge in [0.2, 0.25) is 0 Å². The van der Waals surface area contributed by atoms with Crippen molar-refractivity contribution in [1.29, 1.82) is 0 Å². The number of nitrogens with two attached hydrogens (primary N) is 2. The minimum Gasteiger partial charge on any atom is -1.00 e. The van der Waals surface area contributed by atoms with Gasteiger partial charge in [0, 0.05) is 0 Å². The summed E-state index contributed by atoms with van der Waals surface area (Å²) in [5, 5.41) is 7.76. The molecule has 84 valence electrons. The van der Waals surface area contributed by atoms with Crippen molar-refractivity contribution in [3.05, 3.63) is 0 Å². The van der Waals surface area contributed by atoms with E-state index in [1.807, 2.05) is 0 Å². The van der Waals surface area contributed by atoms with Crippen LogP contribution in [0.1, 0.15) is 27.7 Å². The van der Waals surface area contributed by atoms with Crippen molar-refractivity contribution in [2.24, 2.45) is 5.73 Å². The molecule has 0 fully saturated rings. The van der Waals surface area contributed by atoms with E-state index < -0.39 is 11.7 Å². The number of hydrogen-bond donors (Lipinski definition) is 3. The fourth-order valence-electron chi connectivity index (χ4n) is 0.568. The summed E-state index contributed by atoms with van der Waals surface area (Å²) in [6.07, 6.45) is -0.520. The number of hydrogen-bond acceptors (Lipinski definition) is 2. The highest BCUT2D eigenvalue weighted by Gasteiger charge is 2.19. The number of halogens is 1. The smallest absolute Gasteiger partial charge is 0.408 e.